The van der Waals surface area contributed by atoms with Gasteiger partial charge in [0.05, 0.1) is 30.6 Å². The summed E-state index contributed by atoms with van der Waals surface area (Å²) in [6, 6.07) is 6.67. The van der Waals surface area contributed by atoms with E-state index in [1.807, 2.05) is 0 Å². The van der Waals surface area contributed by atoms with E-state index in [9.17, 15) is 22.8 Å². The molecule has 1 amide bonds. The lowest BCUT2D eigenvalue weighted by Gasteiger charge is -2.29. The predicted octanol–water partition coefficient (Wildman–Crippen LogP) is 4.61. The Bertz CT molecular complexity index is 1480. The third-order valence-corrected chi connectivity index (χ3v) is 7.10. The van der Waals surface area contributed by atoms with Crippen molar-refractivity contribution in [3.05, 3.63) is 53.2 Å². The van der Waals surface area contributed by atoms with Crippen LogP contribution in [0.2, 0.25) is 0 Å². The quantitative estimate of drug-likeness (QED) is 0.398. The minimum atomic E-state index is -4.79. The third kappa shape index (κ3) is 6.16. The molecule has 1 aromatic carbocycles. The average Bonchev–Trinajstić information content (AvgIpc) is 3.47. The van der Waals surface area contributed by atoms with Crippen molar-refractivity contribution in [2.24, 2.45) is 0 Å². The van der Waals surface area contributed by atoms with Crippen LogP contribution in [0.4, 0.5) is 13.2 Å². The van der Waals surface area contributed by atoms with Crippen molar-refractivity contribution < 1.29 is 41.4 Å². The van der Waals surface area contributed by atoms with Crippen molar-refractivity contribution in [3.63, 3.8) is 0 Å². The topological polar surface area (TPSA) is 110 Å². The first-order valence-corrected chi connectivity index (χ1v) is 13.7. The number of ether oxygens (including phenoxy) is 3. The molecule has 2 aromatic heterocycles. The summed E-state index contributed by atoms with van der Waals surface area (Å²) in [5, 5.41) is 0. The Hall–Kier alpha value is -3.84. The molecule has 1 N–H and O–H groups in total. The summed E-state index contributed by atoms with van der Waals surface area (Å²) >= 11 is 0. The van der Waals surface area contributed by atoms with Crippen LogP contribution in [-0.2, 0) is 25.9 Å². The van der Waals surface area contributed by atoms with Gasteiger partial charge in [-0.3, -0.25) is 9.69 Å². The van der Waals surface area contributed by atoms with Crippen molar-refractivity contribution in [1.29, 1.82) is 0 Å². The lowest BCUT2D eigenvalue weighted by molar-refractivity contribution is -0.156. The first-order chi connectivity index (χ1) is 19.8. The maximum absolute atomic E-state index is 13.7. The molecular formula is C29H33F3N4O6. The largest absolute Gasteiger partial charge is 0.492 e. The lowest BCUT2D eigenvalue weighted by Crippen LogP contribution is -2.38. The molecule has 0 atom stereocenters. The number of rotatable bonds is 7. The molecule has 1 fully saturated rings. The summed E-state index contributed by atoms with van der Waals surface area (Å²) in [4.78, 5) is 37.1. The van der Waals surface area contributed by atoms with Gasteiger partial charge >= 0.3 is 18.0 Å². The molecule has 0 spiro atoms. The number of carbonyl (C=O) groups is 2. The highest BCUT2D eigenvalue weighted by molar-refractivity contribution is 6.18. The number of halogens is 3. The molecule has 5 rings (SSSR count). The van der Waals surface area contributed by atoms with E-state index in [1.165, 1.54) is 11.1 Å². The molecule has 3 aromatic rings. The van der Waals surface area contributed by atoms with Crippen LogP contribution >= 0.6 is 0 Å². The molecule has 0 radical (unpaired) electrons. The number of fused-ring (bicyclic) bond motifs is 3. The molecule has 10 nitrogen and oxygen atoms in total. The summed E-state index contributed by atoms with van der Waals surface area (Å²) in [6.07, 6.45) is -3.91. The summed E-state index contributed by atoms with van der Waals surface area (Å²) in [7, 11) is 0. The van der Waals surface area contributed by atoms with E-state index in [0.717, 1.165) is 19.6 Å². The first kappa shape index (κ1) is 29.6. The van der Waals surface area contributed by atoms with Crippen molar-refractivity contribution in [3.8, 4) is 5.75 Å². The van der Waals surface area contributed by atoms with Crippen molar-refractivity contribution >= 4 is 28.7 Å². The Balaban J connectivity index is 1.42. The fraction of sp³-hybridized carbons (Fsp3) is 0.483. The second-order valence-electron chi connectivity index (χ2n) is 11.2. The molecule has 1 saturated heterocycles. The van der Waals surface area contributed by atoms with Gasteiger partial charge in [0.1, 0.15) is 17.9 Å². The van der Waals surface area contributed by atoms with Gasteiger partial charge in [0.25, 0.3) is 5.91 Å². The Morgan fingerprint density at radius 3 is 2.48 bits per heavy atom. The number of aromatic amines is 1. The van der Waals surface area contributed by atoms with E-state index < -0.39 is 35.5 Å². The molecule has 2 aliphatic heterocycles. The number of carbonyl (C=O) groups excluding carboxylic acids is 2. The van der Waals surface area contributed by atoms with Gasteiger partial charge in [-0.15, -0.1) is 0 Å². The summed E-state index contributed by atoms with van der Waals surface area (Å²) in [6.45, 7) is 11.3. The number of hydrogen-bond acceptors (Lipinski definition) is 8. The van der Waals surface area contributed by atoms with Gasteiger partial charge in [-0.05, 0) is 38.1 Å². The number of H-pyrrole nitrogens is 1. The fourth-order valence-corrected chi connectivity index (χ4v) is 5.16. The van der Waals surface area contributed by atoms with Crippen molar-refractivity contribution in [2.45, 2.75) is 45.4 Å². The van der Waals surface area contributed by atoms with E-state index in [0.29, 0.717) is 36.7 Å². The molecule has 0 aliphatic carbocycles. The minimum absolute atomic E-state index is 0.0255. The molecule has 13 heteroatoms. The van der Waals surface area contributed by atoms with Crippen LogP contribution in [0.3, 0.4) is 0 Å². The molecule has 0 bridgehead atoms. The molecule has 2 aliphatic rings. The van der Waals surface area contributed by atoms with Gasteiger partial charge in [0.15, 0.2) is 0 Å². The van der Waals surface area contributed by atoms with E-state index in [2.05, 4.69) is 14.9 Å². The van der Waals surface area contributed by atoms with E-state index in [4.69, 9.17) is 18.6 Å². The van der Waals surface area contributed by atoms with Crippen LogP contribution in [0.25, 0.3) is 16.8 Å². The van der Waals surface area contributed by atoms with Crippen LogP contribution in [-0.4, -0.2) is 83.7 Å². The zero-order chi connectivity index (χ0) is 30.2. The van der Waals surface area contributed by atoms with Crippen molar-refractivity contribution in [2.75, 3.05) is 46.0 Å². The number of nitrogens with zero attached hydrogens (tertiary/aromatic N) is 3. The molecule has 0 unspecified atom stereocenters. The van der Waals surface area contributed by atoms with Crippen LogP contribution < -0.4 is 4.74 Å². The number of hydrogen-bond donors (Lipinski definition) is 1. The number of oxazole rings is 1. The zero-order valence-electron chi connectivity index (χ0n) is 23.8. The second-order valence-corrected chi connectivity index (χ2v) is 11.2. The van der Waals surface area contributed by atoms with Gasteiger partial charge in [-0.1, -0.05) is 13.8 Å². The van der Waals surface area contributed by atoms with Gasteiger partial charge < -0.3 is 28.5 Å². The van der Waals surface area contributed by atoms with Crippen LogP contribution in [0.15, 0.2) is 34.9 Å². The Labute approximate surface area is 240 Å². The summed E-state index contributed by atoms with van der Waals surface area (Å²) in [5.74, 6) is -1.94. The maximum Gasteiger partial charge on any atom is 0.469 e. The zero-order valence-corrected chi connectivity index (χ0v) is 23.8. The molecular weight excluding hydrogens is 557 g/mol. The Morgan fingerprint density at radius 1 is 1.14 bits per heavy atom. The van der Waals surface area contributed by atoms with Crippen LogP contribution in [0.5, 0.6) is 5.75 Å². The highest BCUT2D eigenvalue weighted by Gasteiger charge is 2.43. The third-order valence-electron chi connectivity index (χ3n) is 7.10. The van der Waals surface area contributed by atoms with Gasteiger partial charge in [-0.2, -0.15) is 13.2 Å². The Kier molecular flexibility index (Phi) is 8.08. The van der Waals surface area contributed by atoms with E-state index in [-0.39, 0.29) is 29.0 Å². The smallest absolute Gasteiger partial charge is 0.469 e. The normalized spacial score (nSPS) is 17.6. The van der Waals surface area contributed by atoms with E-state index >= 15 is 0 Å². The standard InChI is InChI=1S/C29H33F3N4O6/c1-17(2)41-26(38)20-15-36(16-28(3,4)21-22(20)33-24-23(21)34-27(42-24)29(30,31)32)25(37)18-5-7-19(8-6-18)40-14-11-35-9-12-39-13-10-35/h5-8,15,17,33H,9-14,16H2,1-4H3. The van der Waals surface area contributed by atoms with Crippen LogP contribution in [0.1, 0.15) is 55.2 Å². The van der Waals surface area contributed by atoms with Gasteiger partial charge in [-0.25, -0.2) is 9.78 Å². The predicted molar refractivity (Wildman–Crippen MR) is 146 cm³/mol. The molecule has 0 saturated carbocycles. The van der Waals surface area contributed by atoms with Gasteiger partial charge in [0.2, 0.25) is 5.71 Å². The number of morpholine rings is 1. The number of alkyl halides is 3. The second kappa shape index (κ2) is 11.4. The average molecular weight is 591 g/mol. The molecule has 226 valence electrons. The van der Waals surface area contributed by atoms with Crippen molar-refractivity contribution in [1.82, 2.24) is 19.8 Å². The molecule has 4 heterocycles. The summed E-state index contributed by atoms with van der Waals surface area (Å²) < 4.78 is 61.7. The number of benzene rings is 1. The number of esters is 1. The SMILES string of the molecule is CC(C)OC(=O)C1=CN(C(=O)c2ccc(OCCN3CCOCC3)cc2)CC(C)(C)c2c1[nH]c1oc(C(F)(F)F)nc21. The number of amides is 1. The summed E-state index contributed by atoms with van der Waals surface area (Å²) in [5.41, 5.74) is -0.380. The fourth-order valence-electron chi connectivity index (χ4n) is 5.16. The highest BCUT2D eigenvalue weighted by atomic mass is 19.4. The van der Waals surface area contributed by atoms with E-state index in [1.54, 1.807) is 52.0 Å². The molecule has 42 heavy (non-hydrogen) atoms. The van der Waals surface area contributed by atoms with Gasteiger partial charge in [0, 0.05) is 48.9 Å². The monoisotopic (exact) mass is 590 g/mol. The minimum Gasteiger partial charge on any atom is -0.492 e. The number of nitrogens with one attached hydrogen (secondary N) is 1. The Morgan fingerprint density at radius 2 is 1.83 bits per heavy atom. The maximum atomic E-state index is 13.7. The lowest BCUT2D eigenvalue weighted by atomic mass is 9.83. The number of aromatic nitrogens is 2. The first-order valence-electron chi connectivity index (χ1n) is 13.7. The highest BCUT2D eigenvalue weighted by Crippen LogP contribution is 2.42. The van der Waals surface area contributed by atoms with Crippen LogP contribution in [0, 0.1) is 0 Å².